The summed E-state index contributed by atoms with van der Waals surface area (Å²) in [5, 5.41) is 5.26. The molecule has 2 aromatic heterocycles. The molecule has 0 unspecified atom stereocenters. The van der Waals surface area contributed by atoms with Crippen molar-refractivity contribution in [1.29, 1.82) is 0 Å². The lowest BCUT2D eigenvalue weighted by Crippen LogP contribution is -2.26. The first-order valence-electron chi connectivity index (χ1n) is 7.17. The average molecular weight is 470 g/mol. The largest absolute Gasteiger partial charge is 0.352 e. The molecule has 0 bridgehead atoms. The van der Waals surface area contributed by atoms with Crippen LogP contribution in [0.3, 0.4) is 0 Å². The molecule has 3 rings (SSSR count). The van der Waals surface area contributed by atoms with E-state index in [2.05, 4.69) is 47.1 Å². The molecule has 0 radical (unpaired) electrons. The van der Waals surface area contributed by atoms with Gasteiger partial charge >= 0.3 is 0 Å². The number of halogens is 3. The maximum absolute atomic E-state index is 12.6. The monoisotopic (exact) mass is 467 g/mol. The lowest BCUT2D eigenvalue weighted by Gasteiger charge is -2.10. The van der Waals surface area contributed by atoms with Crippen LogP contribution < -0.4 is 5.32 Å². The van der Waals surface area contributed by atoms with Crippen LogP contribution in [0.2, 0.25) is 5.02 Å². The Morgan fingerprint density at radius 3 is 2.75 bits per heavy atom. The predicted molar refractivity (Wildman–Crippen MR) is 102 cm³/mol. The van der Waals surface area contributed by atoms with Gasteiger partial charge in [0.25, 0.3) is 5.91 Å². The van der Waals surface area contributed by atoms with E-state index >= 15 is 0 Å². The summed E-state index contributed by atoms with van der Waals surface area (Å²) in [4.78, 5) is 21.1. The van der Waals surface area contributed by atoms with Crippen molar-refractivity contribution in [3.8, 4) is 0 Å². The Labute approximate surface area is 160 Å². The zero-order chi connectivity index (χ0) is 17.1. The second-order valence-electron chi connectivity index (χ2n) is 5.10. The zero-order valence-electron chi connectivity index (χ0n) is 12.4. The summed E-state index contributed by atoms with van der Waals surface area (Å²) in [5.74, 6) is -0.181. The van der Waals surface area contributed by atoms with Gasteiger partial charge in [-0.05, 0) is 43.3 Å². The highest BCUT2D eigenvalue weighted by atomic mass is 79.9. The highest BCUT2D eigenvalue weighted by Gasteiger charge is 2.15. The number of fused-ring (bicyclic) bond motifs is 1. The number of pyridine rings is 2. The van der Waals surface area contributed by atoms with Gasteiger partial charge in [0.15, 0.2) is 0 Å². The average Bonchev–Trinajstić information content (AvgIpc) is 2.56. The number of rotatable bonds is 4. The number of amides is 1. The highest BCUT2D eigenvalue weighted by Crippen LogP contribution is 2.24. The molecule has 4 nitrogen and oxygen atoms in total. The second-order valence-corrected chi connectivity index (χ2v) is 7.17. The molecule has 2 heterocycles. The molecule has 24 heavy (non-hydrogen) atoms. The predicted octanol–water partition coefficient (Wildman–Crippen LogP) is 4.78. The summed E-state index contributed by atoms with van der Waals surface area (Å²) in [6, 6.07) is 9.44. The van der Waals surface area contributed by atoms with E-state index in [1.165, 1.54) is 0 Å². The van der Waals surface area contributed by atoms with Gasteiger partial charge in [0.1, 0.15) is 4.60 Å². The smallest absolute Gasteiger partial charge is 0.254 e. The molecular weight excluding hydrogens is 457 g/mol. The molecule has 3 aromatic rings. The van der Waals surface area contributed by atoms with E-state index in [0.29, 0.717) is 28.2 Å². The van der Waals surface area contributed by atoms with E-state index in [-0.39, 0.29) is 5.91 Å². The molecule has 1 N–H and O–H groups in total. The van der Waals surface area contributed by atoms with Crippen LogP contribution >= 0.6 is 43.5 Å². The fourth-order valence-corrected chi connectivity index (χ4v) is 3.58. The molecule has 7 heteroatoms. The Bertz CT molecular complexity index is 917. The molecule has 1 amide bonds. The first-order valence-corrected chi connectivity index (χ1v) is 9.14. The lowest BCUT2D eigenvalue weighted by molar-refractivity contribution is 0.0954. The van der Waals surface area contributed by atoms with Crippen molar-refractivity contribution in [2.45, 2.75) is 6.42 Å². The minimum Gasteiger partial charge on any atom is -0.352 e. The highest BCUT2D eigenvalue weighted by molar-refractivity contribution is 9.10. The van der Waals surface area contributed by atoms with Crippen LogP contribution in [0.4, 0.5) is 0 Å². The molecule has 0 saturated heterocycles. The van der Waals surface area contributed by atoms with Gasteiger partial charge in [0, 0.05) is 35.2 Å². The van der Waals surface area contributed by atoms with Crippen LogP contribution in [-0.4, -0.2) is 22.4 Å². The summed E-state index contributed by atoms with van der Waals surface area (Å²) >= 11 is 12.8. The van der Waals surface area contributed by atoms with Crippen LogP contribution in [0.25, 0.3) is 10.8 Å². The molecule has 0 fully saturated rings. The van der Waals surface area contributed by atoms with E-state index in [4.69, 9.17) is 11.6 Å². The van der Waals surface area contributed by atoms with Crippen molar-refractivity contribution in [1.82, 2.24) is 15.3 Å². The Kier molecular flexibility index (Phi) is 5.48. The molecule has 122 valence electrons. The Morgan fingerprint density at radius 1 is 1.17 bits per heavy atom. The zero-order valence-corrected chi connectivity index (χ0v) is 16.3. The fourth-order valence-electron chi connectivity index (χ4n) is 2.36. The van der Waals surface area contributed by atoms with E-state index in [0.717, 1.165) is 20.9 Å². The van der Waals surface area contributed by atoms with E-state index in [1.54, 1.807) is 18.5 Å². The number of nitrogens with zero attached hydrogens (tertiary/aromatic N) is 2. The number of carbonyl (C=O) groups excluding carboxylic acids is 1. The fraction of sp³-hybridized carbons (Fsp3) is 0.118. The van der Waals surface area contributed by atoms with E-state index in [1.807, 2.05) is 24.3 Å². The van der Waals surface area contributed by atoms with Gasteiger partial charge in [-0.2, -0.15) is 0 Å². The van der Waals surface area contributed by atoms with E-state index < -0.39 is 0 Å². The van der Waals surface area contributed by atoms with Crippen molar-refractivity contribution in [3.05, 3.63) is 68.1 Å². The van der Waals surface area contributed by atoms with Gasteiger partial charge < -0.3 is 5.32 Å². The van der Waals surface area contributed by atoms with Crippen molar-refractivity contribution >= 4 is 60.1 Å². The first kappa shape index (κ1) is 17.3. The topological polar surface area (TPSA) is 54.9 Å². The molecule has 0 aliphatic heterocycles. The number of nitrogens with one attached hydrogen (secondary N) is 1. The standard InChI is InChI=1S/C17H12Br2ClN3O/c18-11-7-13(20)14(22-9-11)5-6-21-17(24)15-12-4-2-1-3-10(12)8-23-16(15)19/h1-4,7-9H,5-6H2,(H,21,24). The molecule has 1 aromatic carbocycles. The minimum absolute atomic E-state index is 0.181. The maximum Gasteiger partial charge on any atom is 0.254 e. The van der Waals surface area contributed by atoms with Crippen LogP contribution in [-0.2, 0) is 6.42 Å². The Morgan fingerprint density at radius 2 is 1.96 bits per heavy atom. The quantitative estimate of drug-likeness (QED) is 0.560. The summed E-state index contributed by atoms with van der Waals surface area (Å²) in [5.41, 5.74) is 1.28. The van der Waals surface area contributed by atoms with Gasteiger partial charge in [-0.3, -0.25) is 9.78 Å². The van der Waals surface area contributed by atoms with Gasteiger partial charge in [-0.1, -0.05) is 35.9 Å². The van der Waals surface area contributed by atoms with E-state index in [9.17, 15) is 4.79 Å². The maximum atomic E-state index is 12.6. The van der Waals surface area contributed by atoms with Gasteiger partial charge in [-0.25, -0.2) is 4.98 Å². The SMILES string of the molecule is O=C(NCCc1ncc(Br)cc1Cl)c1c(Br)ncc2ccccc12. The number of aromatic nitrogens is 2. The van der Waals surface area contributed by atoms with Crippen LogP contribution in [0.1, 0.15) is 16.1 Å². The number of benzene rings is 1. The normalized spacial score (nSPS) is 10.8. The number of hydrogen-bond acceptors (Lipinski definition) is 3. The van der Waals surface area contributed by atoms with Crippen molar-refractivity contribution in [2.24, 2.45) is 0 Å². The van der Waals surface area contributed by atoms with Crippen LogP contribution in [0.5, 0.6) is 0 Å². The molecule has 0 aliphatic rings. The summed E-state index contributed by atoms with van der Waals surface area (Å²) in [7, 11) is 0. The molecular formula is C17H12Br2ClN3O. The van der Waals surface area contributed by atoms with Crippen molar-refractivity contribution < 1.29 is 4.79 Å². The second kappa shape index (κ2) is 7.59. The van der Waals surface area contributed by atoms with Gasteiger partial charge in [-0.15, -0.1) is 0 Å². The van der Waals surface area contributed by atoms with Crippen LogP contribution in [0.15, 0.2) is 51.8 Å². The first-order chi connectivity index (χ1) is 11.6. The van der Waals surface area contributed by atoms with Crippen molar-refractivity contribution in [2.75, 3.05) is 6.54 Å². The molecule has 0 spiro atoms. The third kappa shape index (κ3) is 3.77. The van der Waals surface area contributed by atoms with Gasteiger partial charge in [0.2, 0.25) is 0 Å². The minimum atomic E-state index is -0.181. The summed E-state index contributed by atoms with van der Waals surface area (Å²) < 4.78 is 1.35. The summed E-state index contributed by atoms with van der Waals surface area (Å²) in [6.45, 7) is 0.433. The van der Waals surface area contributed by atoms with Crippen LogP contribution in [0, 0.1) is 0 Å². The summed E-state index contributed by atoms with van der Waals surface area (Å²) in [6.07, 6.45) is 3.98. The molecule has 0 saturated carbocycles. The Hall–Kier alpha value is -1.50. The Balaban J connectivity index is 1.75. The number of hydrogen-bond donors (Lipinski definition) is 1. The third-order valence-electron chi connectivity index (χ3n) is 3.51. The molecule has 0 atom stereocenters. The third-order valence-corrected chi connectivity index (χ3v) is 4.87. The van der Waals surface area contributed by atoms with Gasteiger partial charge in [0.05, 0.1) is 16.3 Å². The lowest BCUT2D eigenvalue weighted by atomic mass is 10.1. The number of carbonyl (C=O) groups is 1. The molecule has 0 aliphatic carbocycles. The van der Waals surface area contributed by atoms with Crippen molar-refractivity contribution in [3.63, 3.8) is 0 Å².